The highest BCUT2D eigenvalue weighted by Gasteiger charge is 2.19. The molecule has 1 aromatic carbocycles. The van der Waals surface area contributed by atoms with Crippen molar-refractivity contribution in [2.75, 3.05) is 5.75 Å². The van der Waals surface area contributed by atoms with Gasteiger partial charge in [0.2, 0.25) is 0 Å². The molecule has 5 nitrogen and oxygen atoms in total. The van der Waals surface area contributed by atoms with Crippen molar-refractivity contribution in [2.24, 2.45) is 0 Å². The van der Waals surface area contributed by atoms with Crippen molar-refractivity contribution in [1.82, 2.24) is 14.8 Å². The highest BCUT2D eigenvalue weighted by atomic mass is 32.2. The van der Waals surface area contributed by atoms with Crippen molar-refractivity contribution < 1.29 is 23.1 Å². The first-order valence-electron chi connectivity index (χ1n) is 5.31. The van der Waals surface area contributed by atoms with E-state index in [1.54, 1.807) is 0 Å². The summed E-state index contributed by atoms with van der Waals surface area (Å²) >= 11 is 0.769. The number of rotatable bonds is 4. The molecule has 1 aromatic heterocycles. The lowest BCUT2D eigenvalue weighted by Gasteiger charge is -2.09. The van der Waals surface area contributed by atoms with E-state index in [9.17, 15) is 18.0 Å². The van der Waals surface area contributed by atoms with Gasteiger partial charge in [0.15, 0.2) is 16.8 Å². The lowest BCUT2D eigenvalue weighted by Crippen LogP contribution is -2.06. The second kappa shape index (κ2) is 5.53. The number of hydrogen-bond acceptors (Lipinski definition) is 4. The van der Waals surface area contributed by atoms with Gasteiger partial charge >= 0.3 is 5.97 Å². The summed E-state index contributed by atoms with van der Waals surface area (Å²) in [4.78, 5) is 10.5. The average molecular weight is 303 g/mol. The molecule has 9 heteroatoms. The van der Waals surface area contributed by atoms with Gasteiger partial charge in [-0.2, -0.15) is 0 Å². The van der Waals surface area contributed by atoms with Crippen LogP contribution in [0.5, 0.6) is 0 Å². The summed E-state index contributed by atoms with van der Waals surface area (Å²) in [6.07, 6.45) is 0. The number of thioether (sulfide) groups is 1. The second-order valence-corrected chi connectivity index (χ2v) is 4.71. The molecule has 0 aliphatic rings. The summed E-state index contributed by atoms with van der Waals surface area (Å²) in [6, 6.07) is 1.21. The summed E-state index contributed by atoms with van der Waals surface area (Å²) in [7, 11) is 0. The van der Waals surface area contributed by atoms with E-state index < -0.39 is 29.1 Å². The van der Waals surface area contributed by atoms with Gasteiger partial charge in [-0.1, -0.05) is 11.8 Å². The van der Waals surface area contributed by atoms with Crippen LogP contribution in [-0.2, 0) is 4.79 Å². The van der Waals surface area contributed by atoms with Crippen molar-refractivity contribution in [3.63, 3.8) is 0 Å². The number of aryl methyl sites for hydroxylation is 1. The van der Waals surface area contributed by atoms with Crippen molar-refractivity contribution in [1.29, 1.82) is 0 Å². The van der Waals surface area contributed by atoms with E-state index in [1.807, 2.05) is 0 Å². The van der Waals surface area contributed by atoms with Gasteiger partial charge in [-0.3, -0.25) is 9.36 Å². The smallest absolute Gasteiger partial charge is 0.313 e. The van der Waals surface area contributed by atoms with Crippen molar-refractivity contribution in [3.05, 3.63) is 35.4 Å². The number of carboxylic acids is 1. The number of aliphatic carboxylic acids is 1. The molecule has 0 bridgehead atoms. The largest absolute Gasteiger partial charge is 0.481 e. The molecule has 2 aromatic rings. The Bertz CT molecular complexity index is 675. The molecule has 0 saturated carbocycles. The maximum Gasteiger partial charge on any atom is 0.313 e. The predicted octanol–water partition coefficient (Wildman–Crippen LogP) is 2.17. The molecule has 1 N–H and O–H groups in total. The number of nitrogens with zero attached hydrogens (tertiary/aromatic N) is 3. The number of carbonyl (C=O) groups is 1. The third-order valence-corrected chi connectivity index (χ3v) is 3.25. The highest BCUT2D eigenvalue weighted by molar-refractivity contribution is 7.99. The number of aromatic nitrogens is 3. The fraction of sp³-hybridized carbons (Fsp3) is 0.182. The first kappa shape index (κ1) is 14.4. The summed E-state index contributed by atoms with van der Waals surface area (Å²) in [5.74, 6) is -4.82. The van der Waals surface area contributed by atoms with Crippen LogP contribution in [0, 0.1) is 24.4 Å². The topological polar surface area (TPSA) is 68.0 Å². The minimum Gasteiger partial charge on any atom is -0.481 e. The molecule has 0 spiro atoms. The van der Waals surface area contributed by atoms with E-state index in [0.29, 0.717) is 6.07 Å². The zero-order valence-electron chi connectivity index (χ0n) is 10.1. The quantitative estimate of drug-likeness (QED) is 0.692. The van der Waals surface area contributed by atoms with Crippen LogP contribution in [0.3, 0.4) is 0 Å². The molecule has 2 rings (SSSR count). The number of hydrogen-bond donors (Lipinski definition) is 1. The van der Waals surface area contributed by atoms with Gasteiger partial charge in [0.1, 0.15) is 11.6 Å². The van der Waals surface area contributed by atoms with Crippen LogP contribution < -0.4 is 0 Å². The Morgan fingerprint density at radius 1 is 1.35 bits per heavy atom. The molecule has 0 fully saturated rings. The molecule has 0 aliphatic carbocycles. The van der Waals surface area contributed by atoms with Crippen molar-refractivity contribution >= 4 is 17.7 Å². The van der Waals surface area contributed by atoms with Crippen LogP contribution in [0.4, 0.5) is 13.2 Å². The molecule has 0 radical (unpaired) electrons. The standard InChI is InChI=1S/C11H8F3N3O2S/c1-5-15-16-11(20-4-9(18)19)17(5)8-3-6(12)2-7(13)10(8)14/h2-3H,4H2,1H3,(H,18,19). The second-order valence-electron chi connectivity index (χ2n) is 3.77. The maximum absolute atomic E-state index is 13.8. The van der Waals surface area contributed by atoms with E-state index in [0.717, 1.165) is 22.4 Å². The third kappa shape index (κ3) is 2.77. The molecule has 0 saturated heterocycles. The van der Waals surface area contributed by atoms with Crippen LogP contribution in [0.25, 0.3) is 5.69 Å². The Hall–Kier alpha value is -2.03. The SMILES string of the molecule is Cc1nnc(SCC(=O)O)n1-c1cc(F)cc(F)c1F. The van der Waals surface area contributed by atoms with Crippen molar-refractivity contribution in [3.8, 4) is 5.69 Å². The van der Waals surface area contributed by atoms with Gasteiger partial charge < -0.3 is 5.11 Å². The maximum atomic E-state index is 13.8. The Kier molecular flexibility index (Phi) is 3.98. The van der Waals surface area contributed by atoms with Gasteiger partial charge in [0.05, 0.1) is 11.4 Å². The Morgan fingerprint density at radius 2 is 2.05 bits per heavy atom. The number of benzene rings is 1. The molecule has 0 aliphatic heterocycles. The van der Waals surface area contributed by atoms with Crippen LogP contribution in [0.15, 0.2) is 17.3 Å². The molecule has 106 valence electrons. The van der Waals surface area contributed by atoms with E-state index in [4.69, 9.17) is 5.11 Å². The molecule has 1 heterocycles. The normalized spacial score (nSPS) is 10.8. The number of halogens is 3. The van der Waals surface area contributed by atoms with E-state index in [-0.39, 0.29) is 16.7 Å². The average Bonchev–Trinajstić information content (AvgIpc) is 2.72. The minimum atomic E-state index is -1.35. The van der Waals surface area contributed by atoms with E-state index >= 15 is 0 Å². The number of carboxylic acid groups (broad SMARTS) is 1. The minimum absolute atomic E-state index is 0.0359. The molecule has 20 heavy (non-hydrogen) atoms. The first-order valence-corrected chi connectivity index (χ1v) is 6.30. The monoisotopic (exact) mass is 303 g/mol. The van der Waals surface area contributed by atoms with Gasteiger partial charge in [0, 0.05) is 12.1 Å². The fourth-order valence-corrected chi connectivity index (χ4v) is 2.26. The van der Waals surface area contributed by atoms with Crippen molar-refractivity contribution in [2.45, 2.75) is 12.1 Å². The van der Waals surface area contributed by atoms with Crippen LogP contribution in [0.2, 0.25) is 0 Å². The van der Waals surface area contributed by atoms with E-state index in [2.05, 4.69) is 10.2 Å². The molecular weight excluding hydrogens is 295 g/mol. The summed E-state index contributed by atoms with van der Waals surface area (Å²) < 4.78 is 41.3. The zero-order valence-corrected chi connectivity index (χ0v) is 10.9. The Balaban J connectivity index is 2.52. The summed E-state index contributed by atoms with van der Waals surface area (Å²) in [5, 5.41) is 16.0. The van der Waals surface area contributed by atoms with Gasteiger partial charge in [-0.05, 0) is 6.92 Å². The van der Waals surface area contributed by atoms with Gasteiger partial charge in [0.25, 0.3) is 0 Å². The van der Waals surface area contributed by atoms with E-state index in [1.165, 1.54) is 6.92 Å². The molecular formula is C11H8F3N3O2S. The predicted molar refractivity (Wildman–Crippen MR) is 64.3 cm³/mol. The fourth-order valence-electron chi connectivity index (χ4n) is 1.55. The molecule has 0 atom stereocenters. The highest BCUT2D eigenvalue weighted by Crippen LogP contribution is 2.25. The van der Waals surface area contributed by atoms with Crippen LogP contribution in [-0.4, -0.2) is 31.6 Å². The Labute approximate surface area is 115 Å². The van der Waals surface area contributed by atoms with Gasteiger partial charge in [-0.25, -0.2) is 13.2 Å². The Morgan fingerprint density at radius 3 is 2.70 bits per heavy atom. The zero-order chi connectivity index (χ0) is 14.9. The van der Waals surface area contributed by atoms with Gasteiger partial charge in [-0.15, -0.1) is 10.2 Å². The lowest BCUT2D eigenvalue weighted by atomic mass is 10.2. The third-order valence-electron chi connectivity index (χ3n) is 2.33. The lowest BCUT2D eigenvalue weighted by molar-refractivity contribution is -0.133. The molecule has 0 unspecified atom stereocenters. The summed E-state index contributed by atoms with van der Waals surface area (Å²) in [6.45, 7) is 1.46. The van der Waals surface area contributed by atoms with Crippen LogP contribution >= 0.6 is 11.8 Å². The first-order chi connectivity index (χ1) is 9.40. The molecule has 0 amide bonds. The van der Waals surface area contributed by atoms with Crippen LogP contribution in [0.1, 0.15) is 5.82 Å². The summed E-state index contributed by atoms with van der Waals surface area (Å²) in [5.41, 5.74) is -0.405.